The molecule has 0 spiro atoms. The van der Waals surface area contributed by atoms with Crippen molar-refractivity contribution in [3.8, 4) is 0 Å². The Balaban J connectivity index is 2.14. The van der Waals surface area contributed by atoms with Gasteiger partial charge in [-0.1, -0.05) is 0 Å². The predicted octanol–water partition coefficient (Wildman–Crippen LogP) is 3.49. The zero-order chi connectivity index (χ0) is 18.8. The van der Waals surface area contributed by atoms with Crippen molar-refractivity contribution in [2.24, 2.45) is 5.92 Å². The van der Waals surface area contributed by atoms with E-state index in [0.29, 0.717) is 13.0 Å². The van der Waals surface area contributed by atoms with E-state index >= 15 is 0 Å². The van der Waals surface area contributed by atoms with E-state index in [1.165, 1.54) is 12.0 Å². The van der Waals surface area contributed by atoms with Crippen LogP contribution in [-0.2, 0) is 20.7 Å². The summed E-state index contributed by atoms with van der Waals surface area (Å²) in [5.41, 5.74) is 1.44. The first-order valence-corrected chi connectivity index (χ1v) is 9.09. The van der Waals surface area contributed by atoms with Crippen LogP contribution in [0.4, 0.5) is 4.79 Å². The number of hydrogen-bond donors (Lipinski definition) is 0. The zero-order valence-corrected chi connectivity index (χ0v) is 16.9. The molecule has 2 unspecified atom stereocenters. The van der Waals surface area contributed by atoms with Gasteiger partial charge in [-0.2, -0.15) is 0 Å². The van der Waals surface area contributed by atoms with E-state index in [1.807, 2.05) is 39.8 Å². The molecule has 1 aliphatic rings. The third kappa shape index (κ3) is 5.42. The number of halogens is 1. The average molecular weight is 413 g/mol. The number of aromatic nitrogens is 1. The Labute approximate surface area is 157 Å². The lowest BCUT2D eigenvalue weighted by Gasteiger charge is -2.27. The van der Waals surface area contributed by atoms with Crippen molar-refractivity contribution >= 4 is 28.0 Å². The molecule has 25 heavy (non-hydrogen) atoms. The van der Waals surface area contributed by atoms with Crippen LogP contribution in [0.3, 0.4) is 0 Å². The highest BCUT2D eigenvalue weighted by Gasteiger charge is 2.42. The number of carbonyl (C=O) groups is 2. The quantitative estimate of drug-likeness (QED) is 0.561. The van der Waals surface area contributed by atoms with Gasteiger partial charge in [0.25, 0.3) is 0 Å². The van der Waals surface area contributed by atoms with Crippen LogP contribution in [0.25, 0.3) is 0 Å². The highest BCUT2D eigenvalue weighted by atomic mass is 79.9. The molecule has 2 heterocycles. The van der Waals surface area contributed by atoms with Gasteiger partial charge < -0.3 is 9.47 Å². The second-order valence-electron chi connectivity index (χ2n) is 7.42. The molecule has 1 aromatic rings. The predicted molar refractivity (Wildman–Crippen MR) is 97.2 cm³/mol. The highest BCUT2D eigenvalue weighted by Crippen LogP contribution is 2.29. The third-order valence-corrected chi connectivity index (χ3v) is 4.40. The van der Waals surface area contributed by atoms with Crippen LogP contribution in [0.5, 0.6) is 0 Å². The number of amides is 1. The highest BCUT2D eigenvalue weighted by molar-refractivity contribution is 9.10. The number of likely N-dealkylation sites (tertiary alicyclic amines) is 1. The summed E-state index contributed by atoms with van der Waals surface area (Å²) in [6.07, 6.45) is 0.845. The summed E-state index contributed by atoms with van der Waals surface area (Å²) in [5.74, 6) is -0.245. The van der Waals surface area contributed by atoms with Crippen LogP contribution >= 0.6 is 15.9 Å². The van der Waals surface area contributed by atoms with Gasteiger partial charge in [-0.25, -0.2) is 14.6 Å². The summed E-state index contributed by atoms with van der Waals surface area (Å²) in [6.45, 7) is 7.83. The van der Waals surface area contributed by atoms with E-state index in [9.17, 15) is 9.59 Å². The molecule has 1 aromatic heterocycles. The van der Waals surface area contributed by atoms with E-state index in [2.05, 4.69) is 20.9 Å². The maximum absolute atomic E-state index is 12.5. The molecular formula is C18H25BrN2O4. The molecule has 1 saturated heterocycles. The van der Waals surface area contributed by atoms with Gasteiger partial charge in [-0.05, 0) is 80.1 Å². The van der Waals surface area contributed by atoms with Gasteiger partial charge in [0.2, 0.25) is 0 Å². The molecule has 138 valence electrons. The Morgan fingerprint density at radius 1 is 1.36 bits per heavy atom. The molecule has 0 radical (unpaired) electrons. The molecule has 2 rings (SSSR count). The molecule has 0 saturated carbocycles. The second kappa shape index (κ2) is 7.72. The number of nitrogens with zero attached hydrogens (tertiary/aromatic N) is 2. The minimum atomic E-state index is -0.608. The van der Waals surface area contributed by atoms with E-state index in [0.717, 1.165) is 22.3 Å². The molecule has 1 aliphatic heterocycles. The van der Waals surface area contributed by atoms with Crippen LogP contribution in [-0.4, -0.2) is 47.2 Å². The van der Waals surface area contributed by atoms with Crippen LogP contribution in [0.2, 0.25) is 0 Å². The molecule has 0 aromatic carbocycles. The van der Waals surface area contributed by atoms with Crippen LogP contribution < -0.4 is 0 Å². The minimum Gasteiger partial charge on any atom is -0.467 e. The molecule has 0 aliphatic carbocycles. The summed E-state index contributed by atoms with van der Waals surface area (Å²) in [5, 5.41) is 0. The van der Waals surface area contributed by atoms with Crippen molar-refractivity contribution in [2.75, 3.05) is 13.7 Å². The fraction of sp³-hybridized carbons (Fsp3) is 0.611. The van der Waals surface area contributed by atoms with E-state index in [-0.39, 0.29) is 5.92 Å². The largest absolute Gasteiger partial charge is 0.467 e. The van der Waals surface area contributed by atoms with Crippen molar-refractivity contribution in [1.82, 2.24) is 9.88 Å². The van der Waals surface area contributed by atoms with Crippen LogP contribution in [0, 0.1) is 12.8 Å². The molecule has 2 atom stereocenters. The fourth-order valence-corrected chi connectivity index (χ4v) is 3.67. The molecule has 0 N–H and O–H groups in total. The number of carbonyl (C=O) groups excluding carboxylic acids is 2. The zero-order valence-electron chi connectivity index (χ0n) is 15.3. The third-order valence-electron chi connectivity index (χ3n) is 4.00. The minimum absolute atomic E-state index is 0.158. The summed E-state index contributed by atoms with van der Waals surface area (Å²) in [6, 6.07) is 3.39. The van der Waals surface area contributed by atoms with Crippen molar-refractivity contribution < 1.29 is 19.1 Å². The molecule has 0 bridgehead atoms. The maximum Gasteiger partial charge on any atom is 0.411 e. The Bertz CT molecular complexity index is 637. The molecule has 1 fully saturated rings. The van der Waals surface area contributed by atoms with Crippen molar-refractivity contribution in [3.63, 3.8) is 0 Å². The van der Waals surface area contributed by atoms with Gasteiger partial charge >= 0.3 is 12.1 Å². The van der Waals surface area contributed by atoms with Gasteiger partial charge in [-0.15, -0.1) is 0 Å². The van der Waals surface area contributed by atoms with Gasteiger partial charge in [0.15, 0.2) is 0 Å². The summed E-state index contributed by atoms with van der Waals surface area (Å²) in [7, 11) is 1.34. The summed E-state index contributed by atoms with van der Waals surface area (Å²) >= 11 is 3.41. The van der Waals surface area contributed by atoms with Crippen molar-refractivity contribution in [1.29, 1.82) is 0 Å². The van der Waals surface area contributed by atoms with Gasteiger partial charge in [0.05, 0.1) is 7.11 Å². The summed E-state index contributed by atoms with van der Waals surface area (Å²) in [4.78, 5) is 30.4. The van der Waals surface area contributed by atoms with Crippen molar-refractivity contribution in [2.45, 2.75) is 52.2 Å². The van der Waals surface area contributed by atoms with Crippen LogP contribution in [0.1, 0.15) is 38.4 Å². The molecule has 6 nitrogen and oxygen atoms in total. The fourth-order valence-electron chi connectivity index (χ4n) is 3.10. The molecular weight excluding hydrogens is 388 g/mol. The average Bonchev–Trinajstić information content (AvgIpc) is 2.87. The number of pyridine rings is 1. The molecule has 1 amide bonds. The number of hydrogen-bond acceptors (Lipinski definition) is 5. The first-order valence-electron chi connectivity index (χ1n) is 8.29. The SMILES string of the molecule is COC(=O)C1CC(Cc2cc(C)nc(Br)c2)CN1C(=O)OC(C)(C)C. The second-order valence-corrected chi connectivity index (χ2v) is 8.23. The Morgan fingerprint density at radius 3 is 2.60 bits per heavy atom. The van der Waals surface area contributed by atoms with Gasteiger partial charge in [-0.3, -0.25) is 4.90 Å². The number of rotatable bonds is 3. The normalized spacial score (nSPS) is 20.5. The Morgan fingerprint density at radius 2 is 2.04 bits per heavy atom. The first-order chi connectivity index (χ1) is 11.6. The number of methoxy groups -OCH3 is 1. The lowest BCUT2D eigenvalue weighted by atomic mass is 9.97. The van der Waals surface area contributed by atoms with E-state index in [1.54, 1.807) is 0 Å². The van der Waals surface area contributed by atoms with E-state index in [4.69, 9.17) is 9.47 Å². The van der Waals surface area contributed by atoms with E-state index < -0.39 is 23.7 Å². The first kappa shape index (κ1) is 19.7. The molecule has 7 heteroatoms. The van der Waals surface area contributed by atoms with Crippen LogP contribution in [0.15, 0.2) is 16.7 Å². The number of esters is 1. The van der Waals surface area contributed by atoms with Gasteiger partial charge in [0, 0.05) is 12.2 Å². The number of aryl methyl sites for hydroxylation is 1. The van der Waals surface area contributed by atoms with Gasteiger partial charge in [0.1, 0.15) is 16.2 Å². The lowest BCUT2D eigenvalue weighted by molar-refractivity contribution is -0.145. The maximum atomic E-state index is 12.5. The smallest absolute Gasteiger partial charge is 0.411 e. The monoisotopic (exact) mass is 412 g/mol. The number of ether oxygens (including phenoxy) is 2. The Hall–Kier alpha value is -1.63. The Kier molecular flexibility index (Phi) is 6.08. The van der Waals surface area contributed by atoms with Crippen molar-refractivity contribution in [3.05, 3.63) is 28.0 Å². The summed E-state index contributed by atoms with van der Waals surface area (Å²) < 4.78 is 11.1. The topological polar surface area (TPSA) is 68.7 Å². The standard InChI is InChI=1S/C18H25BrN2O4/c1-11-6-12(9-15(19)20-11)7-13-8-14(16(22)24-5)21(10-13)17(23)25-18(2,3)4/h6,9,13-14H,7-8,10H2,1-5H3. The lowest BCUT2D eigenvalue weighted by Crippen LogP contribution is -2.43.